The van der Waals surface area contributed by atoms with E-state index in [-0.39, 0.29) is 29.4 Å². The van der Waals surface area contributed by atoms with E-state index in [9.17, 15) is 9.59 Å². The summed E-state index contributed by atoms with van der Waals surface area (Å²) in [5.74, 6) is -1.52. The Morgan fingerprint density at radius 2 is 1.13 bits per heavy atom. The Bertz CT molecular complexity index is 1150. The normalized spacial score (nSPS) is 10.6. The molecule has 3 aromatic rings. The third kappa shape index (κ3) is 6.06. The minimum absolute atomic E-state index is 0.0216. The Morgan fingerprint density at radius 1 is 0.613 bits per heavy atom. The van der Waals surface area contributed by atoms with Crippen molar-refractivity contribution >= 4 is 69.9 Å². The summed E-state index contributed by atoms with van der Waals surface area (Å²) in [6.45, 7) is -0.154. The van der Waals surface area contributed by atoms with Gasteiger partial charge in [0, 0.05) is 0 Å². The van der Waals surface area contributed by atoms with Gasteiger partial charge in [0.1, 0.15) is 13.2 Å². The topological polar surface area (TPSA) is 52.6 Å². The SMILES string of the molecule is O=C(OCc1ccc(Cl)c(Cl)c1)c1cccc(Cl)c1C(=O)OCc1ccc(Cl)c(Cl)c1. The molecule has 0 heterocycles. The van der Waals surface area contributed by atoms with Gasteiger partial charge in [-0.2, -0.15) is 0 Å². The van der Waals surface area contributed by atoms with E-state index in [0.29, 0.717) is 31.2 Å². The van der Waals surface area contributed by atoms with E-state index in [0.717, 1.165) is 0 Å². The molecule has 0 fully saturated rings. The van der Waals surface area contributed by atoms with Gasteiger partial charge in [-0.25, -0.2) is 9.59 Å². The molecule has 4 nitrogen and oxygen atoms in total. The number of carbonyl (C=O) groups is 2. The van der Waals surface area contributed by atoms with Crippen molar-refractivity contribution in [1.82, 2.24) is 0 Å². The molecule has 0 bridgehead atoms. The smallest absolute Gasteiger partial charge is 0.340 e. The molecule has 0 radical (unpaired) electrons. The summed E-state index contributed by atoms with van der Waals surface area (Å²) in [4.78, 5) is 25.3. The summed E-state index contributed by atoms with van der Waals surface area (Å²) in [5.41, 5.74) is 1.14. The third-order valence-electron chi connectivity index (χ3n) is 4.15. The summed E-state index contributed by atoms with van der Waals surface area (Å²) in [6, 6.07) is 14.1. The zero-order valence-electron chi connectivity index (χ0n) is 15.6. The van der Waals surface area contributed by atoms with Crippen LogP contribution >= 0.6 is 58.0 Å². The van der Waals surface area contributed by atoms with E-state index < -0.39 is 11.9 Å². The molecular weight excluding hydrogens is 506 g/mol. The molecule has 0 saturated heterocycles. The summed E-state index contributed by atoms with van der Waals surface area (Å²) in [6.07, 6.45) is 0. The number of rotatable bonds is 6. The van der Waals surface area contributed by atoms with E-state index in [2.05, 4.69) is 0 Å². The standard InChI is InChI=1S/C22H13Cl5O4/c23-15-6-4-12(8-18(15)26)10-30-21(28)14-2-1-3-17(25)20(14)22(29)31-11-13-5-7-16(24)19(27)9-13/h1-9H,10-11H2. The third-order valence-corrected chi connectivity index (χ3v) is 5.94. The van der Waals surface area contributed by atoms with Gasteiger partial charge in [0.25, 0.3) is 0 Å². The maximum atomic E-state index is 12.7. The zero-order chi connectivity index (χ0) is 22.5. The lowest BCUT2D eigenvalue weighted by atomic mass is 10.1. The highest BCUT2D eigenvalue weighted by Crippen LogP contribution is 2.26. The van der Waals surface area contributed by atoms with Crippen LogP contribution in [0.15, 0.2) is 54.6 Å². The monoisotopic (exact) mass is 516 g/mol. The molecule has 0 spiro atoms. The molecule has 31 heavy (non-hydrogen) atoms. The second kappa shape index (κ2) is 10.6. The van der Waals surface area contributed by atoms with E-state index >= 15 is 0 Å². The summed E-state index contributed by atoms with van der Waals surface area (Å²) in [7, 11) is 0. The summed E-state index contributed by atoms with van der Waals surface area (Å²) in [5, 5.41) is 1.50. The van der Waals surface area contributed by atoms with Crippen LogP contribution in [-0.4, -0.2) is 11.9 Å². The fraction of sp³-hybridized carbons (Fsp3) is 0.0909. The van der Waals surface area contributed by atoms with Crippen molar-refractivity contribution in [3.05, 3.63) is 102 Å². The van der Waals surface area contributed by atoms with E-state index in [1.807, 2.05) is 0 Å². The van der Waals surface area contributed by atoms with Crippen LogP contribution in [0, 0.1) is 0 Å². The van der Waals surface area contributed by atoms with Crippen LogP contribution in [0.1, 0.15) is 31.8 Å². The van der Waals surface area contributed by atoms with Crippen LogP contribution < -0.4 is 0 Å². The molecule has 3 rings (SSSR count). The van der Waals surface area contributed by atoms with E-state index in [4.69, 9.17) is 67.5 Å². The molecular formula is C22H13Cl5O4. The van der Waals surface area contributed by atoms with Crippen molar-refractivity contribution in [1.29, 1.82) is 0 Å². The largest absolute Gasteiger partial charge is 0.457 e. The number of carbonyl (C=O) groups excluding carboxylic acids is 2. The van der Waals surface area contributed by atoms with Crippen LogP contribution in [0.2, 0.25) is 25.1 Å². The maximum absolute atomic E-state index is 12.7. The van der Waals surface area contributed by atoms with Crippen molar-refractivity contribution in [3.63, 3.8) is 0 Å². The molecule has 9 heteroatoms. The van der Waals surface area contributed by atoms with E-state index in [1.165, 1.54) is 18.2 Å². The lowest BCUT2D eigenvalue weighted by Crippen LogP contribution is -2.15. The van der Waals surface area contributed by atoms with Gasteiger partial charge >= 0.3 is 11.9 Å². The average molecular weight is 519 g/mol. The second-order valence-corrected chi connectivity index (χ2v) is 8.35. The molecule has 3 aromatic carbocycles. The Hall–Kier alpha value is -1.95. The van der Waals surface area contributed by atoms with Crippen molar-refractivity contribution in [2.45, 2.75) is 13.2 Å². The molecule has 0 aromatic heterocycles. The first-order chi connectivity index (χ1) is 14.8. The fourth-order valence-corrected chi connectivity index (χ4v) is 3.50. The van der Waals surface area contributed by atoms with Crippen LogP contribution in [0.25, 0.3) is 0 Å². The van der Waals surface area contributed by atoms with Gasteiger partial charge in [-0.15, -0.1) is 0 Å². The first-order valence-corrected chi connectivity index (χ1v) is 10.7. The number of halogens is 5. The number of benzene rings is 3. The number of hydrogen-bond donors (Lipinski definition) is 0. The molecule has 0 aliphatic carbocycles. The maximum Gasteiger partial charge on any atom is 0.340 e. The lowest BCUT2D eigenvalue weighted by Gasteiger charge is -2.12. The Kier molecular flexibility index (Phi) is 8.09. The molecule has 0 unspecified atom stereocenters. The summed E-state index contributed by atoms with van der Waals surface area (Å²) < 4.78 is 10.6. The molecule has 0 saturated carbocycles. The highest BCUT2D eigenvalue weighted by atomic mass is 35.5. The molecule has 0 aliphatic rings. The van der Waals surface area contributed by atoms with Crippen molar-refractivity contribution in [3.8, 4) is 0 Å². The quantitative estimate of drug-likeness (QED) is 0.314. The lowest BCUT2D eigenvalue weighted by molar-refractivity contribution is 0.0425. The van der Waals surface area contributed by atoms with Gasteiger partial charge in [-0.05, 0) is 47.5 Å². The van der Waals surface area contributed by atoms with Gasteiger partial charge in [0.05, 0.1) is 36.2 Å². The van der Waals surface area contributed by atoms with Crippen molar-refractivity contribution in [2.75, 3.05) is 0 Å². The first kappa shape index (κ1) is 23.7. The molecule has 0 aliphatic heterocycles. The van der Waals surface area contributed by atoms with Crippen LogP contribution in [0.3, 0.4) is 0 Å². The first-order valence-electron chi connectivity index (χ1n) is 8.77. The van der Waals surface area contributed by atoms with Crippen molar-refractivity contribution in [2.24, 2.45) is 0 Å². The zero-order valence-corrected chi connectivity index (χ0v) is 19.4. The van der Waals surface area contributed by atoms with Crippen LogP contribution in [-0.2, 0) is 22.7 Å². The average Bonchev–Trinajstić information content (AvgIpc) is 2.74. The van der Waals surface area contributed by atoms with Crippen molar-refractivity contribution < 1.29 is 19.1 Å². The van der Waals surface area contributed by atoms with Gasteiger partial charge in [0.2, 0.25) is 0 Å². The minimum atomic E-state index is -0.779. The predicted molar refractivity (Wildman–Crippen MR) is 123 cm³/mol. The predicted octanol–water partition coefficient (Wildman–Crippen LogP) is 7.67. The number of esters is 2. The Morgan fingerprint density at radius 3 is 1.65 bits per heavy atom. The summed E-state index contributed by atoms with van der Waals surface area (Å²) >= 11 is 29.9. The van der Waals surface area contributed by atoms with Gasteiger partial charge in [-0.3, -0.25) is 0 Å². The highest BCUT2D eigenvalue weighted by Gasteiger charge is 2.23. The minimum Gasteiger partial charge on any atom is -0.457 e. The van der Waals surface area contributed by atoms with Gasteiger partial charge < -0.3 is 9.47 Å². The van der Waals surface area contributed by atoms with E-state index in [1.54, 1.807) is 36.4 Å². The van der Waals surface area contributed by atoms with Gasteiger partial charge in [-0.1, -0.05) is 76.2 Å². The number of hydrogen-bond acceptors (Lipinski definition) is 4. The molecule has 0 N–H and O–H groups in total. The van der Waals surface area contributed by atoms with Crippen LogP contribution in [0.5, 0.6) is 0 Å². The van der Waals surface area contributed by atoms with Gasteiger partial charge in [0.15, 0.2) is 0 Å². The second-order valence-electron chi connectivity index (χ2n) is 6.31. The Labute approximate surface area is 203 Å². The fourth-order valence-electron chi connectivity index (χ4n) is 2.61. The Balaban J connectivity index is 1.73. The highest BCUT2D eigenvalue weighted by molar-refractivity contribution is 6.42. The van der Waals surface area contributed by atoms with Crippen LogP contribution in [0.4, 0.5) is 0 Å². The number of ether oxygens (including phenoxy) is 2. The molecule has 0 atom stereocenters. The molecule has 160 valence electrons. The molecule has 0 amide bonds.